The molecule has 2 N–H and O–H groups in total. The molecule has 2 rings (SSSR count). The molecule has 6 heteroatoms. The van der Waals surface area contributed by atoms with Crippen molar-refractivity contribution < 1.29 is 14.3 Å². The number of rotatable bonds is 4. The molecule has 2 heterocycles. The van der Waals surface area contributed by atoms with Crippen molar-refractivity contribution in [1.82, 2.24) is 9.80 Å². The Morgan fingerprint density at radius 3 is 2.68 bits per heavy atom. The van der Waals surface area contributed by atoms with Gasteiger partial charge in [-0.3, -0.25) is 14.5 Å². The van der Waals surface area contributed by atoms with Gasteiger partial charge in [0.2, 0.25) is 11.8 Å². The highest BCUT2D eigenvalue weighted by Crippen LogP contribution is 2.25. The number of carbonyl (C=O) groups is 2. The van der Waals surface area contributed by atoms with E-state index in [1.807, 2.05) is 4.90 Å². The van der Waals surface area contributed by atoms with E-state index < -0.39 is 0 Å². The number of nitrogens with two attached hydrogens (primary N) is 1. The maximum Gasteiger partial charge on any atom is 0.248 e. The fraction of sp³-hybridized carbons (Fsp3) is 0.846. The number of methoxy groups -OCH3 is 1. The minimum absolute atomic E-state index is 0.0296. The first-order valence-corrected chi connectivity index (χ1v) is 6.95. The average Bonchev–Trinajstić information content (AvgIpc) is 2.88. The highest BCUT2D eigenvalue weighted by molar-refractivity contribution is 5.80. The Bertz CT molecular complexity index is 348. The monoisotopic (exact) mass is 269 g/mol. The van der Waals surface area contributed by atoms with E-state index in [2.05, 4.69) is 4.90 Å². The fourth-order valence-electron chi connectivity index (χ4n) is 3.20. The number of nitrogens with zero attached hydrogens (tertiary/aromatic N) is 2. The Morgan fingerprint density at radius 2 is 2.00 bits per heavy atom. The SMILES string of the molecule is COCC(=O)N1CCC[C@@H](N2CCCC2C(N)=O)C1. The third-order valence-corrected chi connectivity index (χ3v) is 4.11. The van der Waals surface area contributed by atoms with Crippen LogP contribution in [-0.4, -0.2) is 67.0 Å². The van der Waals surface area contributed by atoms with Gasteiger partial charge in [0.25, 0.3) is 0 Å². The zero-order valence-corrected chi connectivity index (χ0v) is 11.5. The molecule has 2 atom stereocenters. The molecule has 0 aromatic heterocycles. The van der Waals surface area contributed by atoms with E-state index in [9.17, 15) is 9.59 Å². The lowest BCUT2D eigenvalue weighted by Crippen LogP contribution is -2.54. The first kappa shape index (κ1) is 14.3. The first-order valence-electron chi connectivity index (χ1n) is 6.95. The molecule has 0 aromatic rings. The lowest BCUT2D eigenvalue weighted by molar-refractivity contribution is -0.137. The van der Waals surface area contributed by atoms with Gasteiger partial charge in [0.15, 0.2) is 0 Å². The summed E-state index contributed by atoms with van der Waals surface area (Å²) >= 11 is 0. The molecule has 0 radical (unpaired) electrons. The molecule has 2 amide bonds. The summed E-state index contributed by atoms with van der Waals surface area (Å²) in [5, 5.41) is 0. The second kappa shape index (κ2) is 6.34. The van der Waals surface area contributed by atoms with Gasteiger partial charge in [-0.1, -0.05) is 0 Å². The number of piperidine rings is 1. The Hall–Kier alpha value is -1.14. The van der Waals surface area contributed by atoms with Crippen molar-refractivity contribution >= 4 is 11.8 Å². The van der Waals surface area contributed by atoms with E-state index in [-0.39, 0.29) is 30.5 Å². The summed E-state index contributed by atoms with van der Waals surface area (Å²) in [6, 6.07) is 0.108. The third-order valence-electron chi connectivity index (χ3n) is 4.11. The van der Waals surface area contributed by atoms with Crippen molar-refractivity contribution in [3.63, 3.8) is 0 Å². The van der Waals surface area contributed by atoms with Crippen LogP contribution in [0.1, 0.15) is 25.7 Å². The molecule has 2 aliphatic rings. The summed E-state index contributed by atoms with van der Waals surface area (Å²) < 4.78 is 4.90. The minimum atomic E-state index is -0.238. The number of likely N-dealkylation sites (tertiary alicyclic amines) is 2. The van der Waals surface area contributed by atoms with Gasteiger partial charge in [-0.2, -0.15) is 0 Å². The van der Waals surface area contributed by atoms with E-state index in [4.69, 9.17) is 10.5 Å². The molecule has 2 fully saturated rings. The van der Waals surface area contributed by atoms with E-state index in [0.29, 0.717) is 6.54 Å². The third kappa shape index (κ3) is 3.25. The van der Waals surface area contributed by atoms with Crippen LogP contribution in [0.25, 0.3) is 0 Å². The van der Waals surface area contributed by atoms with Gasteiger partial charge in [0.1, 0.15) is 6.61 Å². The number of carbonyl (C=O) groups excluding carboxylic acids is 2. The standard InChI is InChI=1S/C13H23N3O3/c1-19-9-12(17)15-6-2-4-10(8-15)16-7-3-5-11(16)13(14)18/h10-11H,2-9H2,1H3,(H2,14,18)/t10-,11?/m1/s1. The van der Waals surface area contributed by atoms with Crippen LogP contribution in [0.3, 0.4) is 0 Å². The molecular formula is C13H23N3O3. The van der Waals surface area contributed by atoms with Crippen molar-refractivity contribution in [1.29, 1.82) is 0 Å². The summed E-state index contributed by atoms with van der Waals surface area (Å²) in [5.74, 6) is -0.208. The number of hydrogen-bond acceptors (Lipinski definition) is 4. The van der Waals surface area contributed by atoms with Crippen molar-refractivity contribution in [3.8, 4) is 0 Å². The Balaban J connectivity index is 1.97. The molecule has 0 spiro atoms. The molecule has 2 saturated heterocycles. The molecule has 108 valence electrons. The molecule has 0 saturated carbocycles. The first-order chi connectivity index (χ1) is 9.13. The molecule has 2 aliphatic heterocycles. The second-order valence-corrected chi connectivity index (χ2v) is 5.37. The fourth-order valence-corrected chi connectivity index (χ4v) is 3.20. The van der Waals surface area contributed by atoms with Gasteiger partial charge in [0.05, 0.1) is 6.04 Å². The summed E-state index contributed by atoms with van der Waals surface area (Å²) in [7, 11) is 1.53. The Morgan fingerprint density at radius 1 is 1.26 bits per heavy atom. The second-order valence-electron chi connectivity index (χ2n) is 5.37. The topological polar surface area (TPSA) is 75.9 Å². The summed E-state index contributed by atoms with van der Waals surface area (Å²) in [5.41, 5.74) is 5.46. The number of primary amides is 1. The van der Waals surface area contributed by atoms with E-state index in [0.717, 1.165) is 38.8 Å². The van der Waals surface area contributed by atoms with Crippen LogP contribution in [0, 0.1) is 0 Å². The smallest absolute Gasteiger partial charge is 0.248 e. The maximum atomic E-state index is 11.9. The van der Waals surface area contributed by atoms with Crippen LogP contribution >= 0.6 is 0 Å². The van der Waals surface area contributed by atoms with Gasteiger partial charge in [-0.15, -0.1) is 0 Å². The van der Waals surface area contributed by atoms with Gasteiger partial charge >= 0.3 is 0 Å². The van der Waals surface area contributed by atoms with Crippen LogP contribution in [-0.2, 0) is 14.3 Å². The van der Waals surface area contributed by atoms with Crippen molar-refractivity contribution in [2.75, 3.05) is 33.4 Å². The van der Waals surface area contributed by atoms with Crippen molar-refractivity contribution in [2.24, 2.45) is 5.73 Å². The lowest BCUT2D eigenvalue weighted by Gasteiger charge is -2.39. The van der Waals surface area contributed by atoms with E-state index in [1.54, 1.807) is 0 Å². The van der Waals surface area contributed by atoms with E-state index >= 15 is 0 Å². The zero-order chi connectivity index (χ0) is 13.8. The Labute approximate surface area is 113 Å². The van der Waals surface area contributed by atoms with Crippen LogP contribution in [0.2, 0.25) is 0 Å². The average molecular weight is 269 g/mol. The highest BCUT2D eigenvalue weighted by Gasteiger charge is 2.36. The molecule has 0 bridgehead atoms. The van der Waals surface area contributed by atoms with Gasteiger partial charge in [-0.05, 0) is 32.2 Å². The number of ether oxygens (including phenoxy) is 1. The van der Waals surface area contributed by atoms with Gasteiger partial charge in [-0.25, -0.2) is 0 Å². The van der Waals surface area contributed by atoms with E-state index in [1.165, 1.54) is 7.11 Å². The normalized spacial score (nSPS) is 28.6. The molecule has 6 nitrogen and oxygen atoms in total. The predicted molar refractivity (Wildman–Crippen MR) is 70.4 cm³/mol. The van der Waals surface area contributed by atoms with Crippen LogP contribution in [0.5, 0.6) is 0 Å². The largest absolute Gasteiger partial charge is 0.375 e. The Kier molecular flexibility index (Phi) is 4.76. The van der Waals surface area contributed by atoms with Gasteiger partial charge < -0.3 is 15.4 Å². The predicted octanol–water partition coefficient (Wildman–Crippen LogP) is -0.426. The van der Waals surface area contributed by atoms with Crippen molar-refractivity contribution in [3.05, 3.63) is 0 Å². The summed E-state index contributed by atoms with van der Waals surface area (Å²) in [4.78, 5) is 27.3. The maximum absolute atomic E-state index is 11.9. The molecule has 19 heavy (non-hydrogen) atoms. The molecule has 1 unspecified atom stereocenters. The van der Waals surface area contributed by atoms with Crippen molar-refractivity contribution in [2.45, 2.75) is 37.8 Å². The lowest BCUT2D eigenvalue weighted by atomic mass is 10.0. The summed E-state index contributed by atoms with van der Waals surface area (Å²) in [6.45, 7) is 2.51. The molecular weight excluding hydrogens is 246 g/mol. The highest BCUT2D eigenvalue weighted by atomic mass is 16.5. The molecule has 0 aliphatic carbocycles. The zero-order valence-electron chi connectivity index (χ0n) is 11.5. The molecule has 0 aromatic carbocycles. The quantitative estimate of drug-likeness (QED) is 0.751. The van der Waals surface area contributed by atoms with Crippen LogP contribution < -0.4 is 5.73 Å². The number of hydrogen-bond donors (Lipinski definition) is 1. The minimum Gasteiger partial charge on any atom is -0.375 e. The van der Waals surface area contributed by atoms with Crippen LogP contribution in [0.15, 0.2) is 0 Å². The van der Waals surface area contributed by atoms with Gasteiger partial charge in [0, 0.05) is 26.2 Å². The van der Waals surface area contributed by atoms with Crippen LogP contribution in [0.4, 0.5) is 0 Å². The summed E-state index contributed by atoms with van der Waals surface area (Å²) in [6.07, 6.45) is 3.86. The number of amides is 2.